The number of benzene rings is 1. The highest BCUT2D eigenvalue weighted by molar-refractivity contribution is 5.83. The number of para-hydroxylation sites is 1. The summed E-state index contributed by atoms with van der Waals surface area (Å²) in [7, 11) is 0. The Labute approximate surface area is 106 Å². The zero-order valence-electron chi connectivity index (χ0n) is 10.6. The van der Waals surface area contributed by atoms with Crippen LogP contribution in [0.5, 0.6) is 0 Å². The van der Waals surface area contributed by atoms with Crippen LogP contribution in [0, 0.1) is 6.92 Å². The fraction of sp³-hybridized carbons (Fsp3) is 0.400. The average Bonchev–Trinajstić information content (AvgIpc) is 2.39. The van der Waals surface area contributed by atoms with Crippen molar-refractivity contribution in [3.63, 3.8) is 0 Å². The minimum absolute atomic E-state index is 0.619. The maximum atomic E-state index is 13.2. The summed E-state index contributed by atoms with van der Waals surface area (Å²) in [6.07, 6.45) is 0.601. The van der Waals surface area contributed by atoms with Crippen LogP contribution >= 0.6 is 0 Å². The predicted octanol–water partition coefficient (Wildman–Crippen LogP) is 3.48. The highest BCUT2D eigenvalue weighted by atomic mass is 19.1. The number of alkyl halides is 1. The highest BCUT2D eigenvalue weighted by Gasteiger charge is 2.19. The number of hydrogen-bond donors (Lipinski definition) is 0. The van der Waals surface area contributed by atoms with Gasteiger partial charge in [-0.1, -0.05) is 18.2 Å². The monoisotopic (exact) mass is 244 g/mol. The molecular weight excluding hydrogens is 227 g/mol. The van der Waals surface area contributed by atoms with Gasteiger partial charge in [0.1, 0.15) is 12.0 Å². The fourth-order valence-corrected chi connectivity index (χ4v) is 2.57. The van der Waals surface area contributed by atoms with E-state index in [9.17, 15) is 4.39 Å². The molecule has 0 amide bonds. The Morgan fingerprint density at radius 2 is 1.94 bits per heavy atom. The van der Waals surface area contributed by atoms with Gasteiger partial charge in [0.2, 0.25) is 0 Å². The van der Waals surface area contributed by atoms with Gasteiger partial charge in [0.25, 0.3) is 0 Å². The lowest BCUT2D eigenvalue weighted by Gasteiger charge is -2.30. The van der Waals surface area contributed by atoms with Crippen molar-refractivity contribution in [2.75, 3.05) is 18.0 Å². The normalized spacial score (nSPS) is 17.3. The molecule has 2 heterocycles. The summed E-state index contributed by atoms with van der Waals surface area (Å²) in [4.78, 5) is 6.88. The number of piperidine rings is 1. The second kappa shape index (κ2) is 4.56. The molecule has 0 bridgehead atoms. The minimum Gasteiger partial charge on any atom is -0.356 e. The van der Waals surface area contributed by atoms with Gasteiger partial charge in [-0.15, -0.1) is 0 Å². The van der Waals surface area contributed by atoms with E-state index in [0.717, 1.165) is 24.4 Å². The largest absolute Gasteiger partial charge is 0.356 e. The third kappa shape index (κ3) is 2.05. The van der Waals surface area contributed by atoms with Crippen molar-refractivity contribution in [1.29, 1.82) is 0 Å². The smallest absolute Gasteiger partial charge is 0.129 e. The molecule has 0 aliphatic carbocycles. The first-order chi connectivity index (χ1) is 8.74. The second-order valence-electron chi connectivity index (χ2n) is 4.98. The van der Waals surface area contributed by atoms with Gasteiger partial charge < -0.3 is 4.90 Å². The number of nitrogens with zero attached hydrogens (tertiary/aromatic N) is 2. The van der Waals surface area contributed by atoms with Crippen LogP contribution in [0.3, 0.4) is 0 Å². The van der Waals surface area contributed by atoms with Gasteiger partial charge in [0.15, 0.2) is 0 Å². The third-order valence-corrected chi connectivity index (χ3v) is 3.66. The standard InChI is InChI=1S/C15H17FN2/c1-11-10-15(18-8-6-12(16)7-9-18)17-14-5-3-2-4-13(11)14/h2-5,10,12H,6-9H2,1H3. The molecule has 3 rings (SSSR count). The summed E-state index contributed by atoms with van der Waals surface area (Å²) < 4.78 is 13.2. The van der Waals surface area contributed by atoms with E-state index in [0.29, 0.717) is 12.8 Å². The Balaban J connectivity index is 1.97. The maximum Gasteiger partial charge on any atom is 0.129 e. The van der Waals surface area contributed by atoms with Crippen LogP contribution in [0.2, 0.25) is 0 Å². The molecule has 1 aliphatic heterocycles. The van der Waals surface area contributed by atoms with Crippen LogP contribution < -0.4 is 4.90 Å². The van der Waals surface area contributed by atoms with Crippen molar-refractivity contribution >= 4 is 16.7 Å². The molecule has 2 aromatic rings. The number of hydrogen-bond acceptors (Lipinski definition) is 2. The summed E-state index contributed by atoms with van der Waals surface area (Å²) in [6.45, 7) is 3.65. The van der Waals surface area contributed by atoms with Crippen molar-refractivity contribution in [2.45, 2.75) is 25.9 Å². The molecule has 1 saturated heterocycles. The fourth-order valence-electron chi connectivity index (χ4n) is 2.57. The Morgan fingerprint density at radius 3 is 2.72 bits per heavy atom. The summed E-state index contributed by atoms with van der Waals surface area (Å²) in [6, 6.07) is 10.3. The van der Waals surface area contributed by atoms with Gasteiger partial charge in [0.05, 0.1) is 5.52 Å². The van der Waals surface area contributed by atoms with E-state index in [1.807, 2.05) is 18.2 Å². The van der Waals surface area contributed by atoms with Gasteiger partial charge in [-0.25, -0.2) is 9.37 Å². The Kier molecular flexibility index (Phi) is 2.90. The molecule has 1 aromatic heterocycles. The first kappa shape index (κ1) is 11.5. The summed E-state index contributed by atoms with van der Waals surface area (Å²) >= 11 is 0. The Bertz CT molecular complexity index is 559. The molecule has 0 atom stereocenters. The molecule has 18 heavy (non-hydrogen) atoms. The van der Waals surface area contributed by atoms with Gasteiger partial charge >= 0.3 is 0 Å². The van der Waals surface area contributed by atoms with E-state index < -0.39 is 6.17 Å². The molecule has 0 unspecified atom stereocenters. The molecule has 2 nitrogen and oxygen atoms in total. The van der Waals surface area contributed by atoms with E-state index >= 15 is 0 Å². The first-order valence-electron chi connectivity index (χ1n) is 6.49. The van der Waals surface area contributed by atoms with Crippen molar-refractivity contribution in [3.05, 3.63) is 35.9 Å². The number of pyridine rings is 1. The zero-order chi connectivity index (χ0) is 12.5. The number of aryl methyl sites for hydroxylation is 1. The lowest BCUT2D eigenvalue weighted by Crippen LogP contribution is -2.34. The van der Waals surface area contributed by atoms with E-state index in [4.69, 9.17) is 0 Å². The molecule has 0 N–H and O–H groups in total. The van der Waals surface area contributed by atoms with Gasteiger partial charge in [0, 0.05) is 18.5 Å². The van der Waals surface area contributed by atoms with Crippen LogP contribution in [0.4, 0.5) is 10.2 Å². The molecule has 1 fully saturated rings. The van der Waals surface area contributed by atoms with E-state index in [1.165, 1.54) is 10.9 Å². The summed E-state index contributed by atoms with van der Waals surface area (Å²) in [5.41, 5.74) is 2.26. The zero-order valence-corrected chi connectivity index (χ0v) is 10.6. The van der Waals surface area contributed by atoms with Crippen LogP contribution in [-0.2, 0) is 0 Å². The van der Waals surface area contributed by atoms with Crippen molar-refractivity contribution in [2.24, 2.45) is 0 Å². The predicted molar refractivity (Wildman–Crippen MR) is 72.8 cm³/mol. The van der Waals surface area contributed by atoms with Gasteiger partial charge in [-0.3, -0.25) is 0 Å². The minimum atomic E-state index is -0.636. The van der Waals surface area contributed by atoms with E-state index in [1.54, 1.807) is 0 Å². The van der Waals surface area contributed by atoms with Crippen molar-refractivity contribution < 1.29 is 4.39 Å². The molecule has 0 spiro atoms. The van der Waals surface area contributed by atoms with E-state index in [2.05, 4.69) is 28.9 Å². The number of fused-ring (bicyclic) bond motifs is 1. The molecule has 0 radical (unpaired) electrons. The maximum absolute atomic E-state index is 13.2. The van der Waals surface area contributed by atoms with Crippen LogP contribution in [0.25, 0.3) is 10.9 Å². The van der Waals surface area contributed by atoms with Crippen LogP contribution in [0.1, 0.15) is 18.4 Å². The quantitative estimate of drug-likeness (QED) is 0.763. The van der Waals surface area contributed by atoms with E-state index in [-0.39, 0.29) is 0 Å². The van der Waals surface area contributed by atoms with Crippen LogP contribution in [-0.4, -0.2) is 24.2 Å². The molecule has 1 aromatic carbocycles. The first-order valence-corrected chi connectivity index (χ1v) is 6.49. The Morgan fingerprint density at radius 1 is 1.22 bits per heavy atom. The van der Waals surface area contributed by atoms with Gasteiger partial charge in [-0.05, 0) is 37.5 Å². The topological polar surface area (TPSA) is 16.1 Å². The number of anilines is 1. The van der Waals surface area contributed by atoms with Crippen LogP contribution in [0.15, 0.2) is 30.3 Å². The summed E-state index contributed by atoms with van der Waals surface area (Å²) in [5.74, 6) is 0.984. The number of rotatable bonds is 1. The molecule has 3 heteroatoms. The third-order valence-electron chi connectivity index (χ3n) is 3.66. The SMILES string of the molecule is Cc1cc(N2CCC(F)CC2)nc2ccccc12. The molecule has 94 valence electrons. The number of aromatic nitrogens is 1. The molecular formula is C15H17FN2. The molecule has 0 saturated carbocycles. The molecule has 1 aliphatic rings. The Hall–Kier alpha value is -1.64. The van der Waals surface area contributed by atoms with Crippen molar-refractivity contribution in [3.8, 4) is 0 Å². The highest BCUT2D eigenvalue weighted by Crippen LogP contribution is 2.25. The van der Waals surface area contributed by atoms with Crippen molar-refractivity contribution in [1.82, 2.24) is 4.98 Å². The lowest BCUT2D eigenvalue weighted by atomic mass is 10.1. The lowest BCUT2D eigenvalue weighted by molar-refractivity contribution is 0.277. The summed E-state index contributed by atoms with van der Waals surface area (Å²) in [5, 5.41) is 1.20. The number of halogens is 1. The van der Waals surface area contributed by atoms with Gasteiger partial charge in [-0.2, -0.15) is 0 Å². The average molecular weight is 244 g/mol. The second-order valence-corrected chi connectivity index (χ2v) is 4.98.